The monoisotopic (exact) mass is 343 g/mol. The van der Waals surface area contributed by atoms with Crippen LogP contribution >= 0.6 is 0 Å². The standard InChI is InChI=1S/C16H29N3O3S/c1-2-17-16(18-9-13-5-8-23(20,21)12-13)19-6-3-14(10-19)15-4-7-22-11-15/h13-15H,2-12H2,1H3,(H,17,18). The summed E-state index contributed by atoms with van der Waals surface area (Å²) in [4.78, 5) is 7.08. The van der Waals surface area contributed by atoms with Gasteiger partial charge >= 0.3 is 0 Å². The molecule has 3 aliphatic rings. The van der Waals surface area contributed by atoms with Crippen LogP contribution in [-0.2, 0) is 14.6 Å². The predicted octanol–water partition coefficient (Wildman–Crippen LogP) is 0.745. The van der Waals surface area contributed by atoms with Crippen molar-refractivity contribution in [3.8, 4) is 0 Å². The van der Waals surface area contributed by atoms with Crippen molar-refractivity contribution in [3.05, 3.63) is 0 Å². The molecule has 0 aromatic rings. The summed E-state index contributed by atoms with van der Waals surface area (Å²) in [7, 11) is -2.81. The molecule has 3 saturated heterocycles. The fourth-order valence-corrected chi connectivity index (χ4v) is 5.80. The van der Waals surface area contributed by atoms with Gasteiger partial charge in [0.2, 0.25) is 0 Å². The molecule has 0 radical (unpaired) electrons. The lowest BCUT2D eigenvalue weighted by molar-refractivity contribution is 0.173. The van der Waals surface area contributed by atoms with E-state index in [-0.39, 0.29) is 5.92 Å². The third-order valence-corrected chi connectivity index (χ3v) is 7.15. The Morgan fingerprint density at radius 1 is 1.30 bits per heavy atom. The summed E-state index contributed by atoms with van der Waals surface area (Å²) in [5.41, 5.74) is 0. The second kappa shape index (κ2) is 7.38. The number of hydrogen-bond donors (Lipinski definition) is 1. The average Bonchev–Trinajstić information content (AvgIpc) is 3.23. The third kappa shape index (κ3) is 4.38. The van der Waals surface area contributed by atoms with E-state index in [1.807, 2.05) is 0 Å². The van der Waals surface area contributed by atoms with Crippen molar-refractivity contribution in [3.63, 3.8) is 0 Å². The van der Waals surface area contributed by atoms with Gasteiger partial charge in [-0.2, -0.15) is 0 Å². The molecular formula is C16H29N3O3S. The van der Waals surface area contributed by atoms with Crippen molar-refractivity contribution in [1.82, 2.24) is 10.2 Å². The molecule has 23 heavy (non-hydrogen) atoms. The van der Waals surface area contributed by atoms with Crippen molar-refractivity contribution in [1.29, 1.82) is 0 Å². The van der Waals surface area contributed by atoms with E-state index in [0.717, 1.165) is 45.2 Å². The second-order valence-electron chi connectivity index (χ2n) is 7.08. The van der Waals surface area contributed by atoms with E-state index in [4.69, 9.17) is 9.73 Å². The maximum atomic E-state index is 11.6. The quantitative estimate of drug-likeness (QED) is 0.602. The molecule has 7 heteroatoms. The summed E-state index contributed by atoms with van der Waals surface area (Å²) >= 11 is 0. The van der Waals surface area contributed by atoms with Crippen LogP contribution in [-0.4, -0.2) is 70.2 Å². The number of likely N-dealkylation sites (tertiary alicyclic amines) is 1. The van der Waals surface area contributed by atoms with Crippen LogP contribution in [0.4, 0.5) is 0 Å². The van der Waals surface area contributed by atoms with E-state index in [9.17, 15) is 8.42 Å². The van der Waals surface area contributed by atoms with Gasteiger partial charge in [0.15, 0.2) is 15.8 Å². The summed E-state index contributed by atoms with van der Waals surface area (Å²) in [6.45, 7) is 7.44. The molecule has 0 amide bonds. The van der Waals surface area contributed by atoms with Crippen LogP contribution in [0, 0.1) is 17.8 Å². The molecule has 132 valence electrons. The molecule has 0 aromatic heterocycles. The summed E-state index contributed by atoms with van der Waals surface area (Å²) in [6, 6.07) is 0. The van der Waals surface area contributed by atoms with Crippen LogP contribution in [0.15, 0.2) is 4.99 Å². The molecule has 3 unspecified atom stereocenters. The lowest BCUT2D eigenvalue weighted by atomic mass is 9.91. The first-order valence-corrected chi connectivity index (χ1v) is 10.7. The van der Waals surface area contributed by atoms with E-state index in [2.05, 4.69) is 17.1 Å². The maximum absolute atomic E-state index is 11.6. The zero-order valence-electron chi connectivity index (χ0n) is 14.0. The number of ether oxygens (including phenoxy) is 1. The molecule has 0 aliphatic carbocycles. The summed E-state index contributed by atoms with van der Waals surface area (Å²) in [5, 5.41) is 3.38. The molecule has 6 nitrogen and oxygen atoms in total. The average molecular weight is 343 g/mol. The first-order chi connectivity index (χ1) is 11.1. The number of rotatable bonds is 4. The van der Waals surface area contributed by atoms with Gasteiger partial charge in [0.05, 0.1) is 11.5 Å². The van der Waals surface area contributed by atoms with Crippen LogP contribution in [0.1, 0.15) is 26.2 Å². The Kier molecular flexibility index (Phi) is 5.46. The Morgan fingerprint density at radius 3 is 2.83 bits per heavy atom. The van der Waals surface area contributed by atoms with E-state index in [1.54, 1.807) is 0 Å². The zero-order valence-corrected chi connectivity index (χ0v) is 14.9. The maximum Gasteiger partial charge on any atom is 0.193 e. The Balaban J connectivity index is 1.56. The fourth-order valence-electron chi connectivity index (χ4n) is 3.95. The van der Waals surface area contributed by atoms with Crippen molar-refractivity contribution in [2.45, 2.75) is 26.2 Å². The molecule has 3 aliphatic heterocycles. The van der Waals surface area contributed by atoms with Crippen molar-refractivity contribution < 1.29 is 13.2 Å². The van der Waals surface area contributed by atoms with Gasteiger partial charge in [-0.3, -0.25) is 4.99 Å². The largest absolute Gasteiger partial charge is 0.381 e. The molecule has 3 rings (SSSR count). The summed E-state index contributed by atoms with van der Waals surface area (Å²) in [5.74, 6) is 3.18. The van der Waals surface area contributed by atoms with Gasteiger partial charge in [-0.25, -0.2) is 8.42 Å². The number of hydrogen-bond acceptors (Lipinski definition) is 4. The Labute approximate surface area is 139 Å². The van der Waals surface area contributed by atoms with Crippen molar-refractivity contribution in [2.24, 2.45) is 22.7 Å². The van der Waals surface area contributed by atoms with Gasteiger partial charge in [-0.05, 0) is 43.9 Å². The molecule has 0 saturated carbocycles. The summed E-state index contributed by atoms with van der Waals surface area (Å²) in [6.07, 6.45) is 3.15. The molecular weight excluding hydrogens is 314 g/mol. The second-order valence-corrected chi connectivity index (χ2v) is 9.31. The van der Waals surface area contributed by atoms with Crippen LogP contribution < -0.4 is 5.32 Å². The lowest BCUT2D eigenvalue weighted by Gasteiger charge is -2.23. The topological polar surface area (TPSA) is 71.0 Å². The van der Waals surface area contributed by atoms with Crippen LogP contribution in [0.3, 0.4) is 0 Å². The number of aliphatic imine (C=N–C) groups is 1. The minimum atomic E-state index is -2.81. The normalized spacial score (nSPS) is 34.2. The van der Waals surface area contributed by atoms with E-state index >= 15 is 0 Å². The molecule has 1 N–H and O–H groups in total. The Morgan fingerprint density at radius 2 is 2.17 bits per heavy atom. The van der Waals surface area contributed by atoms with Crippen LogP contribution in [0.2, 0.25) is 0 Å². The number of nitrogens with one attached hydrogen (secondary N) is 1. The molecule has 3 atom stereocenters. The van der Waals surface area contributed by atoms with E-state index < -0.39 is 9.84 Å². The highest BCUT2D eigenvalue weighted by Crippen LogP contribution is 2.30. The highest BCUT2D eigenvalue weighted by Gasteiger charge is 2.33. The van der Waals surface area contributed by atoms with Gasteiger partial charge in [0, 0.05) is 39.4 Å². The number of guanidine groups is 1. The minimum absolute atomic E-state index is 0.190. The van der Waals surface area contributed by atoms with Gasteiger partial charge < -0.3 is 15.0 Å². The van der Waals surface area contributed by atoms with Crippen molar-refractivity contribution in [2.75, 3.05) is 50.9 Å². The highest BCUT2D eigenvalue weighted by molar-refractivity contribution is 7.91. The smallest absolute Gasteiger partial charge is 0.193 e. The van der Waals surface area contributed by atoms with Gasteiger partial charge in [0.25, 0.3) is 0 Å². The summed E-state index contributed by atoms with van der Waals surface area (Å²) < 4.78 is 28.7. The molecule has 3 fully saturated rings. The fraction of sp³-hybridized carbons (Fsp3) is 0.938. The first kappa shape index (κ1) is 17.0. The molecule has 0 spiro atoms. The minimum Gasteiger partial charge on any atom is -0.381 e. The van der Waals surface area contributed by atoms with Gasteiger partial charge in [0.1, 0.15) is 0 Å². The first-order valence-electron chi connectivity index (χ1n) is 8.89. The molecule has 0 bridgehead atoms. The predicted molar refractivity (Wildman–Crippen MR) is 91.3 cm³/mol. The lowest BCUT2D eigenvalue weighted by Crippen LogP contribution is -2.40. The third-order valence-electron chi connectivity index (χ3n) is 5.32. The SMILES string of the molecule is CCNC(=NCC1CCS(=O)(=O)C1)N1CCC(C2CCOC2)C1. The highest BCUT2D eigenvalue weighted by atomic mass is 32.2. The zero-order chi connectivity index (χ0) is 16.3. The molecule has 0 aromatic carbocycles. The van der Waals surface area contributed by atoms with Crippen molar-refractivity contribution >= 4 is 15.8 Å². The van der Waals surface area contributed by atoms with Crippen LogP contribution in [0.25, 0.3) is 0 Å². The Hall–Kier alpha value is -0.820. The number of nitrogens with zero attached hydrogens (tertiary/aromatic N) is 2. The van der Waals surface area contributed by atoms with Crippen LogP contribution in [0.5, 0.6) is 0 Å². The van der Waals surface area contributed by atoms with Gasteiger partial charge in [-0.15, -0.1) is 0 Å². The number of sulfone groups is 1. The molecule has 3 heterocycles. The van der Waals surface area contributed by atoms with E-state index in [1.165, 1.54) is 12.8 Å². The van der Waals surface area contributed by atoms with Gasteiger partial charge in [-0.1, -0.05) is 0 Å². The Bertz CT molecular complexity index is 529. The van der Waals surface area contributed by atoms with E-state index in [0.29, 0.717) is 29.9 Å².